The van der Waals surface area contributed by atoms with E-state index in [2.05, 4.69) is 5.32 Å². The van der Waals surface area contributed by atoms with Crippen molar-refractivity contribution in [2.75, 3.05) is 18.5 Å². The van der Waals surface area contributed by atoms with Gasteiger partial charge in [0, 0.05) is 0 Å². The van der Waals surface area contributed by atoms with E-state index >= 15 is 0 Å². The first-order chi connectivity index (χ1) is 11.9. The molecule has 0 fully saturated rings. The van der Waals surface area contributed by atoms with Gasteiger partial charge in [-0.3, -0.25) is 9.59 Å². The van der Waals surface area contributed by atoms with Gasteiger partial charge >= 0.3 is 5.97 Å². The Kier molecular flexibility index (Phi) is 6.13. The number of carbonyl (C=O) groups is 3. The molecule has 0 aliphatic carbocycles. The van der Waals surface area contributed by atoms with Crippen LogP contribution in [0.15, 0.2) is 29.6 Å². The number of nitrogens with one attached hydrogen (secondary N) is 1. The zero-order chi connectivity index (χ0) is 18.4. The van der Waals surface area contributed by atoms with Crippen LogP contribution in [0.1, 0.15) is 33.2 Å². The van der Waals surface area contributed by atoms with Crippen LogP contribution in [-0.2, 0) is 9.53 Å². The number of hydrogen-bond donors (Lipinski definition) is 2. The maximum absolute atomic E-state index is 12.1. The molecule has 2 aromatic rings. The molecule has 1 aromatic carbocycles. The van der Waals surface area contributed by atoms with Gasteiger partial charge in [-0.1, -0.05) is 6.07 Å². The van der Waals surface area contributed by atoms with Crippen LogP contribution < -0.4 is 15.8 Å². The van der Waals surface area contributed by atoms with E-state index < -0.39 is 17.8 Å². The zero-order valence-electron chi connectivity index (χ0n) is 13.8. The number of aryl methyl sites for hydroxylation is 1. The Morgan fingerprint density at radius 3 is 2.64 bits per heavy atom. The molecule has 132 valence electrons. The van der Waals surface area contributed by atoms with Gasteiger partial charge in [-0.2, -0.15) is 0 Å². The van der Waals surface area contributed by atoms with Gasteiger partial charge in [0.1, 0.15) is 10.8 Å². The number of amides is 2. The van der Waals surface area contributed by atoms with Gasteiger partial charge in [-0.25, -0.2) is 4.79 Å². The Balaban J connectivity index is 2.03. The van der Waals surface area contributed by atoms with Gasteiger partial charge in [-0.15, -0.1) is 11.3 Å². The summed E-state index contributed by atoms with van der Waals surface area (Å²) in [5, 5.41) is 4.66. The second kappa shape index (κ2) is 8.29. The molecule has 7 nitrogen and oxygen atoms in total. The molecule has 0 atom stereocenters. The number of ether oxygens (including phenoxy) is 2. The summed E-state index contributed by atoms with van der Waals surface area (Å²) < 4.78 is 10.3. The Morgan fingerprint density at radius 1 is 1.20 bits per heavy atom. The lowest BCUT2D eigenvalue weighted by Crippen LogP contribution is -2.22. The lowest BCUT2D eigenvalue weighted by atomic mass is 10.1. The summed E-state index contributed by atoms with van der Waals surface area (Å²) in [5.41, 5.74) is 6.64. The quantitative estimate of drug-likeness (QED) is 0.735. The molecule has 2 amide bonds. The Bertz CT molecular complexity index is 800. The molecule has 0 spiro atoms. The van der Waals surface area contributed by atoms with E-state index in [0.717, 1.165) is 5.56 Å². The monoisotopic (exact) mass is 362 g/mol. The maximum atomic E-state index is 12.1. The maximum Gasteiger partial charge on any atom is 0.341 e. The molecule has 1 heterocycles. The number of anilines is 1. The molecule has 0 saturated heterocycles. The van der Waals surface area contributed by atoms with Crippen molar-refractivity contribution in [3.63, 3.8) is 0 Å². The van der Waals surface area contributed by atoms with Crippen LogP contribution in [0.25, 0.3) is 0 Å². The molecule has 0 radical (unpaired) electrons. The highest BCUT2D eigenvalue weighted by molar-refractivity contribution is 7.14. The summed E-state index contributed by atoms with van der Waals surface area (Å²) in [5.74, 6) is -1.38. The van der Waals surface area contributed by atoms with Crippen LogP contribution in [0, 0.1) is 6.92 Å². The fourth-order valence-corrected chi connectivity index (χ4v) is 2.83. The average molecular weight is 362 g/mol. The Labute approximate surface area is 148 Å². The standard InChI is InChI=1S/C17H18N2O5S/c1-3-23-17(22)12-6-7-25-16(12)19-14(20)9-24-13-8-10(2)4-5-11(13)15(18)21/h4-8H,3,9H2,1-2H3,(H2,18,21)(H,19,20). The first-order valence-corrected chi connectivity index (χ1v) is 8.38. The van der Waals surface area contributed by atoms with E-state index in [4.69, 9.17) is 15.2 Å². The van der Waals surface area contributed by atoms with Crippen molar-refractivity contribution in [1.82, 2.24) is 0 Å². The summed E-state index contributed by atoms with van der Waals surface area (Å²) in [6.07, 6.45) is 0. The van der Waals surface area contributed by atoms with Gasteiger partial charge < -0.3 is 20.5 Å². The SMILES string of the molecule is CCOC(=O)c1ccsc1NC(=O)COc1cc(C)ccc1C(N)=O. The number of carbonyl (C=O) groups excluding carboxylic acids is 3. The highest BCUT2D eigenvalue weighted by Crippen LogP contribution is 2.24. The summed E-state index contributed by atoms with van der Waals surface area (Å²) in [6.45, 7) is 3.45. The van der Waals surface area contributed by atoms with Crippen molar-refractivity contribution in [1.29, 1.82) is 0 Å². The molecule has 3 N–H and O–H groups in total. The van der Waals surface area contributed by atoms with E-state index in [1.807, 2.05) is 6.92 Å². The van der Waals surface area contributed by atoms with Crippen molar-refractivity contribution in [3.05, 3.63) is 46.3 Å². The highest BCUT2D eigenvalue weighted by Gasteiger charge is 2.17. The Morgan fingerprint density at radius 2 is 1.96 bits per heavy atom. The molecule has 1 aromatic heterocycles. The summed E-state index contributed by atoms with van der Waals surface area (Å²) in [6, 6.07) is 6.47. The molecule has 0 saturated carbocycles. The third-order valence-electron chi connectivity index (χ3n) is 3.17. The van der Waals surface area contributed by atoms with Gasteiger partial charge in [0.05, 0.1) is 17.7 Å². The number of thiophene rings is 1. The lowest BCUT2D eigenvalue weighted by molar-refractivity contribution is -0.118. The van der Waals surface area contributed by atoms with Crippen LogP contribution in [0.3, 0.4) is 0 Å². The summed E-state index contributed by atoms with van der Waals surface area (Å²) in [7, 11) is 0. The zero-order valence-corrected chi connectivity index (χ0v) is 14.6. The minimum atomic E-state index is -0.640. The summed E-state index contributed by atoms with van der Waals surface area (Å²) in [4.78, 5) is 35.3. The third kappa shape index (κ3) is 4.80. The van der Waals surface area contributed by atoms with Crippen molar-refractivity contribution in [2.45, 2.75) is 13.8 Å². The normalized spacial score (nSPS) is 10.2. The highest BCUT2D eigenvalue weighted by atomic mass is 32.1. The first kappa shape index (κ1) is 18.5. The van der Waals surface area contributed by atoms with E-state index in [9.17, 15) is 14.4 Å². The molecular formula is C17H18N2O5S. The van der Waals surface area contributed by atoms with Crippen molar-refractivity contribution in [2.24, 2.45) is 5.73 Å². The molecule has 8 heteroatoms. The number of primary amides is 1. The second-order valence-corrected chi connectivity index (χ2v) is 6.00. The van der Waals surface area contributed by atoms with Crippen LogP contribution in [0.2, 0.25) is 0 Å². The van der Waals surface area contributed by atoms with Crippen molar-refractivity contribution >= 4 is 34.1 Å². The number of benzene rings is 1. The van der Waals surface area contributed by atoms with Crippen LogP contribution >= 0.6 is 11.3 Å². The van der Waals surface area contributed by atoms with Gasteiger partial charge in [0.2, 0.25) is 0 Å². The fourth-order valence-electron chi connectivity index (χ4n) is 2.03. The molecule has 0 aliphatic rings. The van der Waals surface area contributed by atoms with E-state index in [1.54, 1.807) is 36.6 Å². The van der Waals surface area contributed by atoms with Crippen LogP contribution in [0.5, 0.6) is 5.75 Å². The minimum Gasteiger partial charge on any atom is -0.483 e. The molecule has 0 bridgehead atoms. The molecule has 0 aliphatic heterocycles. The molecule has 2 rings (SSSR count). The van der Waals surface area contributed by atoms with Crippen LogP contribution in [0.4, 0.5) is 5.00 Å². The van der Waals surface area contributed by atoms with Gasteiger partial charge in [0.15, 0.2) is 6.61 Å². The molecule has 0 unspecified atom stereocenters. The second-order valence-electron chi connectivity index (χ2n) is 5.08. The number of nitrogens with two attached hydrogens (primary N) is 1. The largest absolute Gasteiger partial charge is 0.483 e. The first-order valence-electron chi connectivity index (χ1n) is 7.50. The van der Waals surface area contributed by atoms with Gasteiger partial charge in [-0.05, 0) is 43.0 Å². The molecule has 25 heavy (non-hydrogen) atoms. The smallest absolute Gasteiger partial charge is 0.341 e. The van der Waals surface area contributed by atoms with Crippen molar-refractivity contribution < 1.29 is 23.9 Å². The Hall–Kier alpha value is -2.87. The van der Waals surface area contributed by atoms with Crippen LogP contribution in [-0.4, -0.2) is 31.0 Å². The van der Waals surface area contributed by atoms with E-state index in [-0.39, 0.29) is 30.1 Å². The van der Waals surface area contributed by atoms with E-state index in [0.29, 0.717) is 5.00 Å². The van der Waals surface area contributed by atoms with Crippen molar-refractivity contribution in [3.8, 4) is 5.75 Å². The number of rotatable bonds is 7. The fraction of sp³-hybridized carbons (Fsp3) is 0.235. The summed E-state index contributed by atoms with van der Waals surface area (Å²) >= 11 is 1.20. The predicted molar refractivity (Wildman–Crippen MR) is 94.1 cm³/mol. The lowest BCUT2D eigenvalue weighted by Gasteiger charge is -2.11. The topological polar surface area (TPSA) is 108 Å². The minimum absolute atomic E-state index is 0.196. The van der Waals surface area contributed by atoms with Gasteiger partial charge in [0.25, 0.3) is 11.8 Å². The number of esters is 1. The molecular weight excluding hydrogens is 344 g/mol. The third-order valence-corrected chi connectivity index (χ3v) is 4.00. The van der Waals surface area contributed by atoms with E-state index in [1.165, 1.54) is 11.3 Å². The average Bonchev–Trinajstić information content (AvgIpc) is 3.01. The number of hydrogen-bond acceptors (Lipinski definition) is 6. The predicted octanol–water partition coefficient (Wildman–Crippen LogP) is 2.35.